The number of nitrogens with zero attached hydrogens (tertiary/aromatic N) is 1. The Morgan fingerprint density at radius 3 is 2.90 bits per heavy atom. The van der Waals surface area contributed by atoms with Gasteiger partial charge in [-0.2, -0.15) is 0 Å². The number of aromatic nitrogens is 1. The SMILES string of the molecule is CCc1cccnc1CNC1CCCC(S(C)(=O)=O)C1. The van der Waals surface area contributed by atoms with Gasteiger partial charge in [-0.25, -0.2) is 8.42 Å². The summed E-state index contributed by atoms with van der Waals surface area (Å²) in [4.78, 5) is 4.42. The fourth-order valence-electron chi connectivity index (χ4n) is 2.91. The maximum atomic E-state index is 11.7. The van der Waals surface area contributed by atoms with Crippen LogP contribution in [0.5, 0.6) is 0 Å². The summed E-state index contributed by atoms with van der Waals surface area (Å²) in [5, 5.41) is 3.31. The predicted octanol–water partition coefficient (Wildman–Crippen LogP) is 2.09. The molecule has 5 heteroatoms. The van der Waals surface area contributed by atoms with Crippen molar-refractivity contribution >= 4 is 9.84 Å². The van der Waals surface area contributed by atoms with Crippen LogP contribution in [0.25, 0.3) is 0 Å². The summed E-state index contributed by atoms with van der Waals surface area (Å²) in [6.45, 7) is 2.85. The molecule has 0 aromatic carbocycles. The summed E-state index contributed by atoms with van der Waals surface area (Å²) in [6, 6.07) is 4.35. The van der Waals surface area contributed by atoms with E-state index in [0.29, 0.717) is 0 Å². The summed E-state index contributed by atoms with van der Waals surface area (Å²) in [6.07, 6.45) is 7.72. The Balaban J connectivity index is 1.94. The molecular formula is C15H24N2O2S. The molecule has 1 aromatic rings. The average Bonchev–Trinajstić information content (AvgIpc) is 2.45. The molecule has 1 heterocycles. The minimum atomic E-state index is -2.91. The number of nitrogens with one attached hydrogen (secondary N) is 1. The Bertz CT molecular complexity index is 543. The van der Waals surface area contributed by atoms with Crippen molar-refractivity contribution in [3.8, 4) is 0 Å². The first kappa shape index (κ1) is 15.4. The standard InChI is InChI=1S/C15H24N2O2S/c1-3-12-6-5-9-16-15(12)11-17-13-7-4-8-14(10-13)20(2,18)19/h5-6,9,13-14,17H,3-4,7-8,10-11H2,1-2H3. The summed E-state index contributed by atoms with van der Waals surface area (Å²) in [7, 11) is -2.91. The van der Waals surface area contributed by atoms with Gasteiger partial charge >= 0.3 is 0 Å². The smallest absolute Gasteiger partial charge is 0.150 e. The largest absolute Gasteiger partial charge is 0.308 e. The van der Waals surface area contributed by atoms with Gasteiger partial charge < -0.3 is 5.32 Å². The Kier molecular flexibility index (Phi) is 5.16. The van der Waals surface area contributed by atoms with Gasteiger partial charge in [-0.3, -0.25) is 4.98 Å². The van der Waals surface area contributed by atoms with E-state index in [1.807, 2.05) is 12.3 Å². The van der Waals surface area contributed by atoms with Gasteiger partial charge in [-0.1, -0.05) is 19.4 Å². The van der Waals surface area contributed by atoms with Crippen LogP contribution in [0.2, 0.25) is 0 Å². The molecule has 1 N–H and O–H groups in total. The van der Waals surface area contributed by atoms with Crippen LogP contribution >= 0.6 is 0 Å². The van der Waals surface area contributed by atoms with Crippen molar-refractivity contribution < 1.29 is 8.42 Å². The summed E-state index contributed by atoms with van der Waals surface area (Å²) < 4.78 is 23.3. The minimum Gasteiger partial charge on any atom is -0.308 e. The van der Waals surface area contributed by atoms with E-state index in [-0.39, 0.29) is 11.3 Å². The molecule has 0 saturated heterocycles. The van der Waals surface area contributed by atoms with Crippen LogP contribution in [0.3, 0.4) is 0 Å². The zero-order chi connectivity index (χ0) is 14.6. The molecule has 2 atom stereocenters. The monoisotopic (exact) mass is 296 g/mol. The number of hydrogen-bond donors (Lipinski definition) is 1. The molecule has 0 aliphatic heterocycles. The lowest BCUT2D eigenvalue weighted by Gasteiger charge is -2.28. The van der Waals surface area contributed by atoms with Gasteiger partial charge in [0.1, 0.15) is 9.84 Å². The highest BCUT2D eigenvalue weighted by Gasteiger charge is 2.28. The van der Waals surface area contributed by atoms with E-state index in [2.05, 4.69) is 23.3 Å². The molecule has 1 fully saturated rings. The van der Waals surface area contributed by atoms with E-state index < -0.39 is 9.84 Å². The highest BCUT2D eigenvalue weighted by Crippen LogP contribution is 2.24. The fraction of sp³-hybridized carbons (Fsp3) is 0.667. The lowest BCUT2D eigenvalue weighted by molar-refractivity contribution is 0.369. The molecule has 0 spiro atoms. The zero-order valence-electron chi connectivity index (χ0n) is 12.3. The second kappa shape index (κ2) is 6.68. The van der Waals surface area contributed by atoms with Crippen molar-refractivity contribution in [3.05, 3.63) is 29.6 Å². The van der Waals surface area contributed by atoms with Gasteiger partial charge in [0, 0.05) is 25.0 Å². The zero-order valence-corrected chi connectivity index (χ0v) is 13.1. The van der Waals surface area contributed by atoms with E-state index in [9.17, 15) is 8.42 Å². The normalized spacial score (nSPS) is 23.7. The highest BCUT2D eigenvalue weighted by molar-refractivity contribution is 7.91. The number of sulfone groups is 1. The molecule has 1 aliphatic rings. The first-order valence-electron chi connectivity index (χ1n) is 7.35. The van der Waals surface area contributed by atoms with Gasteiger partial charge in [0.15, 0.2) is 0 Å². The van der Waals surface area contributed by atoms with Crippen molar-refractivity contribution in [1.29, 1.82) is 0 Å². The third-order valence-electron chi connectivity index (χ3n) is 4.16. The van der Waals surface area contributed by atoms with Crippen LogP contribution in [0.15, 0.2) is 18.3 Å². The van der Waals surface area contributed by atoms with Crippen molar-refractivity contribution in [2.75, 3.05) is 6.26 Å². The van der Waals surface area contributed by atoms with Crippen LogP contribution < -0.4 is 5.32 Å². The number of rotatable bonds is 5. The molecule has 4 nitrogen and oxygen atoms in total. The van der Waals surface area contributed by atoms with E-state index in [0.717, 1.165) is 44.3 Å². The molecule has 1 aliphatic carbocycles. The minimum absolute atomic E-state index is 0.178. The maximum absolute atomic E-state index is 11.7. The molecule has 0 bridgehead atoms. The van der Waals surface area contributed by atoms with Crippen LogP contribution in [-0.2, 0) is 22.8 Å². The van der Waals surface area contributed by atoms with Crippen molar-refractivity contribution in [2.24, 2.45) is 0 Å². The number of aryl methyl sites for hydroxylation is 1. The molecule has 1 saturated carbocycles. The third-order valence-corrected chi connectivity index (χ3v) is 5.79. The van der Waals surface area contributed by atoms with Crippen LogP contribution in [0, 0.1) is 0 Å². The second-order valence-corrected chi connectivity index (χ2v) is 7.98. The molecule has 2 rings (SSSR count). The van der Waals surface area contributed by atoms with Gasteiger partial charge in [0.2, 0.25) is 0 Å². The predicted molar refractivity (Wildman–Crippen MR) is 81.3 cm³/mol. The van der Waals surface area contributed by atoms with E-state index in [1.54, 1.807) is 0 Å². The lowest BCUT2D eigenvalue weighted by Crippen LogP contribution is -2.38. The van der Waals surface area contributed by atoms with Crippen LogP contribution in [0.4, 0.5) is 0 Å². The fourth-order valence-corrected chi connectivity index (χ4v) is 4.09. The number of hydrogen-bond acceptors (Lipinski definition) is 4. The molecule has 2 unspecified atom stereocenters. The van der Waals surface area contributed by atoms with Crippen LogP contribution in [-0.4, -0.2) is 30.9 Å². The first-order chi connectivity index (χ1) is 9.50. The van der Waals surface area contributed by atoms with E-state index >= 15 is 0 Å². The Hall–Kier alpha value is -0.940. The van der Waals surface area contributed by atoms with Crippen molar-refractivity contribution in [2.45, 2.75) is 56.9 Å². The maximum Gasteiger partial charge on any atom is 0.150 e. The van der Waals surface area contributed by atoms with Gasteiger partial charge in [-0.05, 0) is 37.3 Å². The second-order valence-electron chi connectivity index (χ2n) is 5.66. The Labute approximate surface area is 121 Å². The summed E-state index contributed by atoms with van der Waals surface area (Å²) in [5.74, 6) is 0. The highest BCUT2D eigenvalue weighted by atomic mass is 32.2. The molecule has 0 radical (unpaired) electrons. The molecule has 112 valence electrons. The Morgan fingerprint density at radius 2 is 2.20 bits per heavy atom. The Morgan fingerprint density at radius 1 is 1.40 bits per heavy atom. The van der Waals surface area contributed by atoms with Crippen molar-refractivity contribution in [1.82, 2.24) is 10.3 Å². The molecule has 0 amide bonds. The van der Waals surface area contributed by atoms with Crippen molar-refractivity contribution in [3.63, 3.8) is 0 Å². The quantitative estimate of drug-likeness (QED) is 0.904. The first-order valence-corrected chi connectivity index (χ1v) is 9.31. The topological polar surface area (TPSA) is 59.1 Å². The van der Waals surface area contributed by atoms with Gasteiger partial charge in [0.25, 0.3) is 0 Å². The number of pyridine rings is 1. The molecular weight excluding hydrogens is 272 g/mol. The van der Waals surface area contributed by atoms with Gasteiger partial charge in [-0.15, -0.1) is 0 Å². The van der Waals surface area contributed by atoms with E-state index in [4.69, 9.17) is 0 Å². The van der Waals surface area contributed by atoms with Gasteiger partial charge in [0.05, 0.1) is 10.9 Å². The summed E-state index contributed by atoms with van der Waals surface area (Å²) >= 11 is 0. The average molecular weight is 296 g/mol. The third kappa shape index (κ3) is 4.03. The van der Waals surface area contributed by atoms with Crippen LogP contribution in [0.1, 0.15) is 43.9 Å². The van der Waals surface area contributed by atoms with E-state index in [1.165, 1.54) is 11.8 Å². The lowest BCUT2D eigenvalue weighted by atomic mass is 9.95. The summed E-state index contributed by atoms with van der Waals surface area (Å²) in [5.41, 5.74) is 2.34. The molecule has 1 aromatic heterocycles. The molecule has 20 heavy (non-hydrogen) atoms.